The van der Waals surface area contributed by atoms with Gasteiger partial charge in [0.25, 0.3) is 0 Å². The summed E-state index contributed by atoms with van der Waals surface area (Å²) in [6, 6.07) is 7.74. The first kappa shape index (κ1) is 13.2. The number of anilines is 2. The summed E-state index contributed by atoms with van der Waals surface area (Å²) in [7, 11) is 1.65. The van der Waals surface area contributed by atoms with Crippen molar-refractivity contribution in [3.05, 3.63) is 24.3 Å². The standard InChI is InChI=1S/C12H15N3OS2/c1-8(2)17-12-15-14-11(18-12)13-9-5-4-6-10(7-9)16-3/h4-8H,1-3H3,(H,13,14). The van der Waals surface area contributed by atoms with Crippen molar-refractivity contribution in [1.29, 1.82) is 0 Å². The molecule has 0 unspecified atom stereocenters. The Bertz CT molecular complexity index is 514. The molecule has 0 saturated heterocycles. The van der Waals surface area contributed by atoms with Crippen molar-refractivity contribution >= 4 is 33.9 Å². The SMILES string of the molecule is COc1cccc(Nc2nnc(SC(C)C)s2)c1. The zero-order valence-corrected chi connectivity index (χ0v) is 12.1. The summed E-state index contributed by atoms with van der Waals surface area (Å²) >= 11 is 3.28. The number of aromatic nitrogens is 2. The van der Waals surface area contributed by atoms with Crippen LogP contribution >= 0.6 is 23.1 Å². The van der Waals surface area contributed by atoms with Crippen LogP contribution in [-0.2, 0) is 0 Å². The van der Waals surface area contributed by atoms with Gasteiger partial charge in [-0.25, -0.2) is 0 Å². The summed E-state index contributed by atoms with van der Waals surface area (Å²) in [6.45, 7) is 4.28. The minimum absolute atomic E-state index is 0.516. The fraction of sp³-hybridized carbons (Fsp3) is 0.333. The van der Waals surface area contributed by atoms with Crippen molar-refractivity contribution in [3.63, 3.8) is 0 Å². The Morgan fingerprint density at radius 1 is 1.33 bits per heavy atom. The van der Waals surface area contributed by atoms with Crippen LogP contribution < -0.4 is 10.1 Å². The second kappa shape index (κ2) is 6.06. The Morgan fingerprint density at radius 3 is 2.89 bits per heavy atom. The van der Waals surface area contributed by atoms with E-state index in [4.69, 9.17) is 4.74 Å². The van der Waals surface area contributed by atoms with E-state index in [1.54, 1.807) is 30.2 Å². The minimum Gasteiger partial charge on any atom is -0.497 e. The molecule has 4 nitrogen and oxygen atoms in total. The number of hydrogen-bond acceptors (Lipinski definition) is 6. The molecule has 2 rings (SSSR count). The molecular weight excluding hydrogens is 266 g/mol. The van der Waals surface area contributed by atoms with Gasteiger partial charge in [-0.3, -0.25) is 0 Å². The van der Waals surface area contributed by atoms with Gasteiger partial charge in [-0.1, -0.05) is 43.0 Å². The molecule has 0 atom stereocenters. The first-order chi connectivity index (χ1) is 8.67. The highest BCUT2D eigenvalue weighted by Crippen LogP contribution is 2.30. The van der Waals surface area contributed by atoms with E-state index in [0.717, 1.165) is 20.9 Å². The lowest BCUT2D eigenvalue weighted by Gasteiger charge is -2.04. The first-order valence-electron chi connectivity index (χ1n) is 5.58. The smallest absolute Gasteiger partial charge is 0.210 e. The molecule has 0 aliphatic carbocycles. The molecule has 0 aliphatic rings. The van der Waals surface area contributed by atoms with Crippen LogP contribution in [0.4, 0.5) is 10.8 Å². The van der Waals surface area contributed by atoms with E-state index < -0.39 is 0 Å². The lowest BCUT2D eigenvalue weighted by Crippen LogP contribution is -1.90. The summed E-state index contributed by atoms with van der Waals surface area (Å²) in [4.78, 5) is 0. The highest BCUT2D eigenvalue weighted by molar-refractivity contribution is 8.01. The van der Waals surface area contributed by atoms with E-state index in [0.29, 0.717) is 5.25 Å². The van der Waals surface area contributed by atoms with E-state index in [1.807, 2.05) is 24.3 Å². The maximum absolute atomic E-state index is 5.17. The summed E-state index contributed by atoms with van der Waals surface area (Å²) < 4.78 is 6.16. The van der Waals surface area contributed by atoms with Gasteiger partial charge in [-0.15, -0.1) is 10.2 Å². The zero-order chi connectivity index (χ0) is 13.0. The maximum atomic E-state index is 5.17. The van der Waals surface area contributed by atoms with Crippen LogP contribution in [0.15, 0.2) is 28.6 Å². The van der Waals surface area contributed by atoms with E-state index in [2.05, 4.69) is 29.4 Å². The average Bonchev–Trinajstić information content (AvgIpc) is 2.76. The van der Waals surface area contributed by atoms with Gasteiger partial charge in [0.15, 0.2) is 4.34 Å². The van der Waals surface area contributed by atoms with Crippen LogP contribution in [0.2, 0.25) is 0 Å². The number of benzene rings is 1. The molecule has 0 aliphatic heterocycles. The molecule has 1 aromatic heterocycles. The second-order valence-corrected chi connectivity index (χ2v) is 6.70. The number of nitrogens with one attached hydrogen (secondary N) is 1. The Kier molecular flexibility index (Phi) is 4.43. The number of thioether (sulfide) groups is 1. The second-order valence-electron chi connectivity index (χ2n) is 3.90. The molecule has 0 bridgehead atoms. The fourth-order valence-electron chi connectivity index (χ4n) is 1.33. The summed E-state index contributed by atoms with van der Waals surface area (Å²) in [5.74, 6) is 0.821. The molecule has 1 aromatic carbocycles. The Labute approximate surface area is 115 Å². The van der Waals surface area contributed by atoms with Gasteiger partial charge in [-0.2, -0.15) is 0 Å². The third-order valence-corrected chi connectivity index (χ3v) is 3.99. The molecule has 6 heteroatoms. The van der Waals surface area contributed by atoms with Gasteiger partial charge in [0.2, 0.25) is 5.13 Å². The van der Waals surface area contributed by atoms with Gasteiger partial charge in [0.1, 0.15) is 5.75 Å². The van der Waals surface area contributed by atoms with Crippen molar-refractivity contribution in [2.24, 2.45) is 0 Å². The van der Waals surface area contributed by atoms with Crippen LogP contribution in [0.25, 0.3) is 0 Å². The highest BCUT2D eigenvalue weighted by atomic mass is 32.2. The third-order valence-electron chi connectivity index (χ3n) is 2.06. The van der Waals surface area contributed by atoms with Crippen LogP contribution in [-0.4, -0.2) is 22.6 Å². The van der Waals surface area contributed by atoms with Crippen molar-refractivity contribution in [2.75, 3.05) is 12.4 Å². The minimum atomic E-state index is 0.516. The molecule has 1 heterocycles. The number of ether oxygens (including phenoxy) is 1. The largest absolute Gasteiger partial charge is 0.497 e. The van der Waals surface area contributed by atoms with Crippen LogP contribution in [0.1, 0.15) is 13.8 Å². The summed E-state index contributed by atoms with van der Waals surface area (Å²) in [5.41, 5.74) is 0.951. The third kappa shape index (κ3) is 3.61. The molecular formula is C12H15N3OS2. The maximum Gasteiger partial charge on any atom is 0.210 e. The molecule has 0 spiro atoms. The van der Waals surface area contributed by atoms with Gasteiger partial charge in [0.05, 0.1) is 7.11 Å². The van der Waals surface area contributed by atoms with Gasteiger partial charge in [0, 0.05) is 17.0 Å². The Balaban J connectivity index is 2.06. The highest BCUT2D eigenvalue weighted by Gasteiger charge is 2.07. The average molecular weight is 281 g/mol. The fourth-order valence-corrected chi connectivity index (χ4v) is 3.33. The number of hydrogen-bond donors (Lipinski definition) is 1. The molecule has 2 aromatic rings. The van der Waals surface area contributed by atoms with Gasteiger partial charge in [-0.05, 0) is 12.1 Å². The van der Waals surface area contributed by atoms with Crippen molar-refractivity contribution in [1.82, 2.24) is 10.2 Å². The van der Waals surface area contributed by atoms with Crippen molar-refractivity contribution < 1.29 is 4.74 Å². The number of rotatable bonds is 5. The summed E-state index contributed by atoms with van der Waals surface area (Å²) in [6.07, 6.45) is 0. The number of methoxy groups -OCH3 is 1. The predicted molar refractivity (Wildman–Crippen MR) is 77.2 cm³/mol. The number of nitrogens with zero attached hydrogens (tertiary/aromatic N) is 2. The van der Waals surface area contributed by atoms with Crippen molar-refractivity contribution in [2.45, 2.75) is 23.4 Å². The zero-order valence-electron chi connectivity index (χ0n) is 10.5. The molecule has 1 N–H and O–H groups in total. The van der Waals surface area contributed by atoms with E-state index >= 15 is 0 Å². The molecule has 0 amide bonds. The molecule has 96 valence electrons. The molecule has 0 fully saturated rings. The lowest BCUT2D eigenvalue weighted by molar-refractivity contribution is 0.415. The molecule has 18 heavy (non-hydrogen) atoms. The predicted octanol–water partition coefficient (Wildman–Crippen LogP) is 3.79. The van der Waals surface area contributed by atoms with Crippen LogP contribution in [0, 0.1) is 0 Å². The Hall–Kier alpha value is -1.27. The summed E-state index contributed by atoms with van der Waals surface area (Å²) in [5, 5.41) is 12.8. The quantitative estimate of drug-likeness (QED) is 0.845. The van der Waals surface area contributed by atoms with Crippen LogP contribution in [0.3, 0.4) is 0 Å². The molecule has 0 radical (unpaired) electrons. The van der Waals surface area contributed by atoms with E-state index in [9.17, 15) is 0 Å². The first-order valence-corrected chi connectivity index (χ1v) is 7.28. The van der Waals surface area contributed by atoms with Crippen LogP contribution in [0.5, 0.6) is 5.75 Å². The monoisotopic (exact) mass is 281 g/mol. The normalized spacial score (nSPS) is 10.7. The van der Waals surface area contributed by atoms with Gasteiger partial charge >= 0.3 is 0 Å². The van der Waals surface area contributed by atoms with E-state index in [1.165, 1.54) is 0 Å². The van der Waals surface area contributed by atoms with E-state index in [-0.39, 0.29) is 0 Å². The van der Waals surface area contributed by atoms with Gasteiger partial charge < -0.3 is 10.1 Å². The topological polar surface area (TPSA) is 47.0 Å². The molecule has 0 saturated carbocycles. The Morgan fingerprint density at radius 2 is 2.17 bits per heavy atom. The van der Waals surface area contributed by atoms with Crippen molar-refractivity contribution in [3.8, 4) is 5.75 Å². The lowest BCUT2D eigenvalue weighted by atomic mass is 10.3.